The normalized spacial score (nSPS) is 34.6. The number of amides is 1. The first-order valence-corrected chi connectivity index (χ1v) is 7.54. The second kappa shape index (κ2) is 5.17. The summed E-state index contributed by atoms with van der Waals surface area (Å²) in [5, 5.41) is 0. The van der Waals surface area contributed by atoms with E-state index < -0.39 is 0 Å². The molecule has 4 nitrogen and oxygen atoms in total. The Morgan fingerprint density at radius 3 is 2.11 bits per heavy atom. The zero-order chi connectivity index (χ0) is 12.5. The lowest BCUT2D eigenvalue weighted by atomic mass is 9.91. The van der Waals surface area contributed by atoms with Crippen molar-refractivity contribution in [3.63, 3.8) is 0 Å². The summed E-state index contributed by atoms with van der Waals surface area (Å²) in [7, 11) is 0. The fraction of sp³-hybridized carbons (Fsp3) is 0.929. The average Bonchev–Trinajstić information content (AvgIpc) is 2.73. The fourth-order valence-electron chi connectivity index (χ4n) is 3.59. The number of nitrogens with two attached hydrogens (primary N) is 1. The summed E-state index contributed by atoms with van der Waals surface area (Å²) in [5.41, 5.74) is 6.03. The minimum Gasteiger partial charge on any atom is -0.340 e. The van der Waals surface area contributed by atoms with Crippen LogP contribution in [-0.2, 0) is 4.79 Å². The van der Waals surface area contributed by atoms with Gasteiger partial charge in [-0.25, -0.2) is 0 Å². The molecule has 4 heteroatoms. The molecule has 0 aromatic heterocycles. The highest BCUT2D eigenvalue weighted by molar-refractivity contribution is 5.80. The van der Waals surface area contributed by atoms with E-state index in [1.54, 1.807) is 0 Å². The van der Waals surface area contributed by atoms with Crippen LogP contribution in [0.15, 0.2) is 0 Å². The van der Waals surface area contributed by atoms with Crippen LogP contribution in [0.4, 0.5) is 0 Å². The van der Waals surface area contributed by atoms with Crippen molar-refractivity contribution in [3.05, 3.63) is 0 Å². The molecule has 1 amide bonds. The molecule has 102 valence electrons. The number of nitrogens with zero attached hydrogens (tertiary/aromatic N) is 2. The van der Waals surface area contributed by atoms with E-state index in [-0.39, 0.29) is 12.0 Å². The predicted molar refractivity (Wildman–Crippen MR) is 71.1 cm³/mol. The molecular weight excluding hydrogens is 226 g/mol. The van der Waals surface area contributed by atoms with Crippen LogP contribution in [0.2, 0.25) is 0 Å². The summed E-state index contributed by atoms with van der Waals surface area (Å²) in [5.74, 6) is 0.438. The van der Waals surface area contributed by atoms with Crippen molar-refractivity contribution in [1.82, 2.24) is 9.80 Å². The lowest BCUT2D eigenvalue weighted by molar-refractivity contribution is -0.138. The van der Waals surface area contributed by atoms with Crippen LogP contribution in [0, 0.1) is 5.92 Å². The highest BCUT2D eigenvalue weighted by Crippen LogP contribution is 2.28. The molecule has 2 saturated carbocycles. The Bertz CT molecular complexity index is 308. The SMILES string of the molecule is NC1CCCC1C(=O)N1CCN(C2CCC2)CC1. The molecular formula is C14H25N3O. The largest absolute Gasteiger partial charge is 0.340 e. The molecule has 2 aliphatic carbocycles. The smallest absolute Gasteiger partial charge is 0.227 e. The Morgan fingerprint density at radius 1 is 0.944 bits per heavy atom. The van der Waals surface area contributed by atoms with Gasteiger partial charge < -0.3 is 10.6 Å². The van der Waals surface area contributed by atoms with Crippen molar-refractivity contribution in [2.75, 3.05) is 26.2 Å². The average molecular weight is 251 g/mol. The summed E-state index contributed by atoms with van der Waals surface area (Å²) in [6, 6.07) is 0.929. The molecule has 0 radical (unpaired) electrons. The monoisotopic (exact) mass is 251 g/mol. The maximum absolute atomic E-state index is 12.4. The van der Waals surface area contributed by atoms with Crippen LogP contribution < -0.4 is 5.73 Å². The van der Waals surface area contributed by atoms with E-state index in [2.05, 4.69) is 9.80 Å². The first-order chi connectivity index (χ1) is 8.75. The zero-order valence-electron chi connectivity index (χ0n) is 11.2. The van der Waals surface area contributed by atoms with Crippen LogP contribution in [0.25, 0.3) is 0 Å². The minimum absolute atomic E-state index is 0.111. The topological polar surface area (TPSA) is 49.6 Å². The quantitative estimate of drug-likeness (QED) is 0.790. The molecule has 2 unspecified atom stereocenters. The van der Waals surface area contributed by atoms with Gasteiger partial charge in [0, 0.05) is 38.3 Å². The number of hydrogen-bond donors (Lipinski definition) is 1. The minimum atomic E-state index is 0.111. The summed E-state index contributed by atoms with van der Waals surface area (Å²) in [4.78, 5) is 17.0. The van der Waals surface area contributed by atoms with Gasteiger partial charge in [-0.3, -0.25) is 9.69 Å². The van der Waals surface area contributed by atoms with Crippen molar-refractivity contribution in [2.24, 2.45) is 11.7 Å². The summed E-state index contributed by atoms with van der Waals surface area (Å²) in [6.45, 7) is 3.97. The first kappa shape index (κ1) is 12.4. The van der Waals surface area contributed by atoms with E-state index in [9.17, 15) is 4.79 Å². The van der Waals surface area contributed by atoms with Crippen LogP contribution in [0.3, 0.4) is 0 Å². The Labute approximate surface area is 109 Å². The van der Waals surface area contributed by atoms with Crippen LogP contribution in [0.5, 0.6) is 0 Å². The molecule has 0 bridgehead atoms. The lowest BCUT2D eigenvalue weighted by Crippen LogP contribution is -2.55. The molecule has 0 aromatic rings. The van der Waals surface area contributed by atoms with Crippen molar-refractivity contribution < 1.29 is 4.79 Å². The van der Waals surface area contributed by atoms with E-state index in [1.807, 2.05) is 0 Å². The molecule has 3 fully saturated rings. The second-order valence-corrected chi connectivity index (χ2v) is 6.15. The molecule has 18 heavy (non-hydrogen) atoms. The molecule has 2 atom stereocenters. The molecule has 2 N–H and O–H groups in total. The number of carbonyl (C=O) groups is 1. The van der Waals surface area contributed by atoms with Crippen molar-refractivity contribution in [2.45, 2.75) is 50.6 Å². The Kier molecular flexibility index (Phi) is 3.57. The van der Waals surface area contributed by atoms with Gasteiger partial charge in [-0.15, -0.1) is 0 Å². The Hall–Kier alpha value is -0.610. The summed E-state index contributed by atoms with van der Waals surface area (Å²) in [6.07, 6.45) is 7.27. The van der Waals surface area contributed by atoms with E-state index in [0.29, 0.717) is 5.91 Å². The number of carbonyl (C=O) groups excluding carboxylic acids is 1. The highest BCUT2D eigenvalue weighted by Gasteiger charge is 2.35. The molecule has 0 spiro atoms. The van der Waals surface area contributed by atoms with Crippen molar-refractivity contribution >= 4 is 5.91 Å². The van der Waals surface area contributed by atoms with Crippen molar-refractivity contribution in [3.8, 4) is 0 Å². The number of hydrogen-bond acceptors (Lipinski definition) is 3. The Morgan fingerprint density at radius 2 is 1.61 bits per heavy atom. The van der Waals surface area contributed by atoms with E-state index in [4.69, 9.17) is 5.73 Å². The van der Waals surface area contributed by atoms with E-state index >= 15 is 0 Å². The van der Waals surface area contributed by atoms with Crippen LogP contribution in [-0.4, -0.2) is 54.0 Å². The Balaban J connectivity index is 1.50. The van der Waals surface area contributed by atoms with Gasteiger partial charge in [0.25, 0.3) is 0 Å². The third kappa shape index (κ3) is 2.28. The molecule has 0 aromatic carbocycles. The van der Waals surface area contributed by atoms with Gasteiger partial charge in [-0.05, 0) is 25.7 Å². The van der Waals surface area contributed by atoms with Crippen molar-refractivity contribution in [1.29, 1.82) is 0 Å². The third-order valence-electron chi connectivity index (χ3n) is 5.10. The van der Waals surface area contributed by atoms with Gasteiger partial charge in [0.2, 0.25) is 5.91 Å². The molecule has 3 aliphatic rings. The third-order valence-corrected chi connectivity index (χ3v) is 5.10. The van der Waals surface area contributed by atoms with Gasteiger partial charge in [-0.1, -0.05) is 12.8 Å². The van der Waals surface area contributed by atoms with Gasteiger partial charge >= 0.3 is 0 Å². The predicted octanol–water partition coefficient (Wildman–Crippen LogP) is 0.810. The molecule has 3 rings (SSSR count). The maximum atomic E-state index is 12.4. The first-order valence-electron chi connectivity index (χ1n) is 7.54. The highest BCUT2D eigenvalue weighted by atomic mass is 16.2. The number of rotatable bonds is 2. The zero-order valence-corrected chi connectivity index (χ0v) is 11.2. The van der Waals surface area contributed by atoms with E-state index in [1.165, 1.54) is 19.3 Å². The standard InChI is InChI=1S/C14H25N3O/c15-13-6-2-5-12(13)14(18)17-9-7-16(8-10-17)11-3-1-4-11/h11-13H,1-10,15H2. The second-order valence-electron chi connectivity index (χ2n) is 6.15. The van der Waals surface area contributed by atoms with Crippen LogP contribution >= 0.6 is 0 Å². The van der Waals surface area contributed by atoms with Gasteiger partial charge in [0.15, 0.2) is 0 Å². The molecule has 1 aliphatic heterocycles. The van der Waals surface area contributed by atoms with Crippen LogP contribution in [0.1, 0.15) is 38.5 Å². The van der Waals surface area contributed by atoms with E-state index in [0.717, 1.165) is 51.5 Å². The summed E-state index contributed by atoms with van der Waals surface area (Å²) >= 11 is 0. The molecule has 1 heterocycles. The summed E-state index contributed by atoms with van der Waals surface area (Å²) < 4.78 is 0. The maximum Gasteiger partial charge on any atom is 0.227 e. The molecule has 1 saturated heterocycles. The van der Waals surface area contributed by atoms with Gasteiger partial charge in [-0.2, -0.15) is 0 Å². The number of piperazine rings is 1. The van der Waals surface area contributed by atoms with Gasteiger partial charge in [0.1, 0.15) is 0 Å². The lowest BCUT2D eigenvalue weighted by Gasteiger charge is -2.43. The van der Waals surface area contributed by atoms with Gasteiger partial charge in [0.05, 0.1) is 5.92 Å². The fourth-order valence-corrected chi connectivity index (χ4v) is 3.59.